The van der Waals surface area contributed by atoms with Crippen molar-refractivity contribution < 1.29 is 14.3 Å². The second-order valence-corrected chi connectivity index (χ2v) is 10.0. The summed E-state index contributed by atoms with van der Waals surface area (Å²) < 4.78 is 6.53. The average Bonchev–Trinajstić information content (AvgIpc) is 3.45. The molecule has 0 spiro atoms. The summed E-state index contributed by atoms with van der Waals surface area (Å²) in [6.07, 6.45) is 1.08. The number of hydrogen-bond donors (Lipinski definition) is 0. The minimum absolute atomic E-state index is 0. The summed E-state index contributed by atoms with van der Waals surface area (Å²) in [4.78, 5) is 37.3. The molecule has 2 amide bonds. The van der Waals surface area contributed by atoms with E-state index in [0.29, 0.717) is 13.1 Å². The van der Waals surface area contributed by atoms with Crippen LogP contribution in [0.2, 0.25) is 0 Å². The molecule has 0 N–H and O–H groups in total. The van der Waals surface area contributed by atoms with Crippen molar-refractivity contribution in [3.63, 3.8) is 0 Å². The Morgan fingerprint density at radius 2 is 1.94 bits per heavy atom. The summed E-state index contributed by atoms with van der Waals surface area (Å²) in [5.41, 5.74) is 2.93. The minimum atomic E-state index is -0.371. The maximum absolute atomic E-state index is 13.8. The predicted octanol–water partition coefficient (Wildman–Crippen LogP) is 4.13. The van der Waals surface area contributed by atoms with Crippen LogP contribution in [-0.4, -0.2) is 67.6 Å². The van der Waals surface area contributed by atoms with Crippen LogP contribution in [-0.2, 0) is 14.3 Å². The molecule has 3 heterocycles. The molecule has 2 aromatic carbocycles. The Kier molecular flexibility index (Phi) is 8.38. The second-order valence-electron chi connectivity index (χ2n) is 9.01. The van der Waals surface area contributed by atoms with Crippen LogP contribution < -0.4 is 9.80 Å². The van der Waals surface area contributed by atoms with Crippen LogP contribution in [0, 0.1) is 12.8 Å². The molecule has 2 aliphatic rings. The van der Waals surface area contributed by atoms with E-state index in [2.05, 4.69) is 17.9 Å². The van der Waals surface area contributed by atoms with Gasteiger partial charge in [-0.3, -0.25) is 19.4 Å². The number of para-hydroxylation sites is 1. The zero-order valence-corrected chi connectivity index (χ0v) is 21.5. The molecule has 2 saturated heterocycles. The van der Waals surface area contributed by atoms with E-state index in [-0.39, 0.29) is 36.6 Å². The molecule has 35 heavy (non-hydrogen) atoms. The lowest BCUT2D eigenvalue weighted by Gasteiger charge is -2.28. The van der Waals surface area contributed by atoms with E-state index in [1.807, 2.05) is 47.4 Å². The van der Waals surface area contributed by atoms with E-state index in [4.69, 9.17) is 9.72 Å². The molecule has 0 saturated carbocycles. The lowest BCUT2D eigenvalue weighted by Crippen LogP contribution is -2.41. The van der Waals surface area contributed by atoms with Crippen LogP contribution in [0.1, 0.15) is 18.4 Å². The molecule has 1 atom stereocenters. The highest BCUT2D eigenvalue weighted by atomic mass is 35.5. The number of nitrogens with zero attached hydrogens (tertiary/aromatic N) is 4. The Morgan fingerprint density at radius 1 is 1.17 bits per heavy atom. The Morgan fingerprint density at radius 3 is 2.71 bits per heavy atom. The lowest BCUT2D eigenvalue weighted by atomic mass is 10.1. The number of carbonyl (C=O) groups is 2. The molecule has 1 aromatic heterocycles. The van der Waals surface area contributed by atoms with Gasteiger partial charge in [-0.05, 0) is 43.2 Å². The number of ether oxygens (including phenoxy) is 1. The van der Waals surface area contributed by atoms with Gasteiger partial charge >= 0.3 is 0 Å². The molecular weight excluding hydrogens is 484 g/mol. The summed E-state index contributed by atoms with van der Waals surface area (Å²) in [7, 11) is 0. The van der Waals surface area contributed by atoms with Crippen molar-refractivity contribution in [2.45, 2.75) is 19.8 Å². The van der Waals surface area contributed by atoms with E-state index < -0.39 is 0 Å². The summed E-state index contributed by atoms with van der Waals surface area (Å²) in [5, 5.41) is 0.721. The summed E-state index contributed by atoms with van der Waals surface area (Å²) in [6, 6.07) is 15.8. The SMILES string of the molecule is Cc1ccc2nc(N(CCCN3CCOCC3)C(=O)C3CC(=O)N(c4ccccc4)C3)sc2c1.Cl. The van der Waals surface area contributed by atoms with Gasteiger partial charge in [0.1, 0.15) is 0 Å². The molecule has 3 aromatic rings. The number of morpholine rings is 1. The van der Waals surface area contributed by atoms with Gasteiger partial charge in [-0.25, -0.2) is 4.98 Å². The van der Waals surface area contributed by atoms with Gasteiger partial charge in [-0.1, -0.05) is 35.6 Å². The first-order chi connectivity index (χ1) is 16.6. The van der Waals surface area contributed by atoms with Gasteiger partial charge in [0, 0.05) is 44.8 Å². The number of fused-ring (bicyclic) bond motifs is 1. The molecule has 2 fully saturated rings. The fourth-order valence-corrected chi connectivity index (χ4v) is 5.76. The zero-order valence-electron chi connectivity index (χ0n) is 19.9. The standard InChI is InChI=1S/C26H30N4O3S.ClH/c1-19-8-9-22-23(16-19)34-26(27-22)29(11-5-10-28-12-14-33-15-13-28)25(32)20-17-24(31)30(18-20)21-6-3-2-4-7-21;/h2-4,6-9,16,20H,5,10-15,17-18H2,1H3;1H. The highest BCUT2D eigenvalue weighted by Gasteiger charge is 2.38. The van der Waals surface area contributed by atoms with Crippen LogP contribution in [0.15, 0.2) is 48.5 Å². The molecule has 1 unspecified atom stereocenters. The van der Waals surface area contributed by atoms with Crippen molar-refractivity contribution in [3.05, 3.63) is 54.1 Å². The summed E-state index contributed by atoms with van der Waals surface area (Å²) in [6.45, 7) is 7.35. The summed E-state index contributed by atoms with van der Waals surface area (Å²) >= 11 is 1.55. The van der Waals surface area contributed by atoms with Crippen molar-refractivity contribution in [2.24, 2.45) is 5.92 Å². The third-order valence-electron chi connectivity index (χ3n) is 6.53. The van der Waals surface area contributed by atoms with Gasteiger partial charge in [-0.15, -0.1) is 12.4 Å². The highest BCUT2D eigenvalue weighted by Crippen LogP contribution is 2.33. The number of amides is 2. The molecule has 2 aliphatic heterocycles. The number of aryl methyl sites for hydroxylation is 1. The Bertz CT molecular complexity index is 1170. The smallest absolute Gasteiger partial charge is 0.234 e. The number of anilines is 2. The minimum Gasteiger partial charge on any atom is -0.379 e. The van der Waals surface area contributed by atoms with E-state index >= 15 is 0 Å². The number of hydrogen-bond acceptors (Lipinski definition) is 6. The van der Waals surface area contributed by atoms with Crippen LogP contribution >= 0.6 is 23.7 Å². The fourth-order valence-electron chi connectivity index (χ4n) is 4.66. The molecule has 9 heteroatoms. The molecule has 0 aliphatic carbocycles. The first-order valence-electron chi connectivity index (χ1n) is 11.9. The number of thiazole rings is 1. The van der Waals surface area contributed by atoms with Gasteiger partial charge < -0.3 is 9.64 Å². The third kappa shape index (κ3) is 5.83. The molecule has 7 nitrogen and oxygen atoms in total. The highest BCUT2D eigenvalue weighted by molar-refractivity contribution is 7.22. The van der Waals surface area contributed by atoms with E-state index in [1.54, 1.807) is 16.2 Å². The monoisotopic (exact) mass is 514 g/mol. The van der Waals surface area contributed by atoms with Crippen LogP contribution in [0.25, 0.3) is 10.2 Å². The number of benzene rings is 2. The first-order valence-corrected chi connectivity index (χ1v) is 12.7. The number of aromatic nitrogens is 1. The number of carbonyl (C=O) groups excluding carboxylic acids is 2. The van der Waals surface area contributed by atoms with Crippen molar-refractivity contribution in [2.75, 3.05) is 55.7 Å². The van der Waals surface area contributed by atoms with E-state index in [9.17, 15) is 9.59 Å². The maximum Gasteiger partial charge on any atom is 0.234 e. The maximum atomic E-state index is 13.8. The largest absolute Gasteiger partial charge is 0.379 e. The normalized spacial score (nSPS) is 18.6. The Hall–Kier alpha value is -2.52. The van der Waals surface area contributed by atoms with Gasteiger partial charge in [0.05, 0.1) is 29.3 Å². The van der Waals surface area contributed by atoms with Crippen LogP contribution in [0.5, 0.6) is 0 Å². The van der Waals surface area contributed by atoms with E-state index in [1.165, 1.54) is 5.56 Å². The molecule has 186 valence electrons. The first kappa shape index (κ1) is 25.6. The summed E-state index contributed by atoms with van der Waals surface area (Å²) in [5.74, 6) is -0.382. The van der Waals surface area contributed by atoms with Crippen LogP contribution in [0.4, 0.5) is 10.8 Å². The predicted molar refractivity (Wildman–Crippen MR) is 143 cm³/mol. The van der Waals surface area contributed by atoms with Gasteiger partial charge in [0.15, 0.2) is 5.13 Å². The Balaban J connectivity index is 0.00000289. The molecule has 5 rings (SSSR count). The van der Waals surface area contributed by atoms with Gasteiger partial charge in [-0.2, -0.15) is 0 Å². The number of halogens is 1. The third-order valence-corrected chi connectivity index (χ3v) is 7.57. The Labute approximate surface area is 216 Å². The topological polar surface area (TPSA) is 66.0 Å². The fraction of sp³-hybridized carbons (Fsp3) is 0.423. The average molecular weight is 515 g/mol. The number of rotatable bonds is 7. The quantitative estimate of drug-likeness (QED) is 0.474. The van der Waals surface area contributed by atoms with Crippen LogP contribution in [0.3, 0.4) is 0 Å². The van der Waals surface area contributed by atoms with Crippen molar-refractivity contribution >= 4 is 56.6 Å². The van der Waals surface area contributed by atoms with Crippen molar-refractivity contribution in [1.82, 2.24) is 9.88 Å². The van der Waals surface area contributed by atoms with Crippen molar-refractivity contribution in [3.8, 4) is 0 Å². The zero-order chi connectivity index (χ0) is 23.5. The van der Waals surface area contributed by atoms with Gasteiger partial charge in [0.25, 0.3) is 0 Å². The van der Waals surface area contributed by atoms with Gasteiger partial charge in [0.2, 0.25) is 11.8 Å². The molecule has 0 bridgehead atoms. The lowest BCUT2D eigenvalue weighted by molar-refractivity contribution is -0.124. The van der Waals surface area contributed by atoms with Crippen molar-refractivity contribution in [1.29, 1.82) is 0 Å². The van der Waals surface area contributed by atoms with E-state index in [0.717, 1.165) is 60.3 Å². The second kappa shape index (κ2) is 11.5. The molecular formula is C26H31ClN4O3S. The molecule has 0 radical (unpaired) electrons.